The van der Waals surface area contributed by atoms with Gasteiger partial charge in [0.1, 0.15) is 12.1 Å². The molecule has 8 heteroatoms. The third-order valence-electron chi connectivity index (χ3n) is 3.17. The van der Waals surface area contributed by atoms with Crippen LogP contribution in [0.25, 0.3) is 5.82 Å². The summed E-state index contributed by atoms with van der Waals surface area (Å²) in [5.74, 6) is 0.683. The molecule has 0 spiro atoms. The van der Waals surface area contributed by atoms with Crippen molar-refractivity contribution in [3.8, 4) is 5.82 Å². The molecule has 0 unspecified atom stereocenters. The normalized spacial score (nSPS) is 11.4. The number of anilines is 1. The van der Waals surface area contributed by atoms with Crippen LogP contribution in [0.15, 0.2) is 53.7 Å². The summed E-state index contributed by atoms with van der Waals surface area (Å²) in [5, 5.41) is 4.33. The molecule has 0 fully saturated rings. The summed E-state index contributed by atoms with van der Waals surface area (Å²) in [6.45, 7) is 3.78. The first-order valence-electron chi connectivity index (χ1n) is 6.89. The van der Waals surface area contributed by atoms with Gasteiger partial charge in [-0.05, 0) is 32.0 Å². The van der Waals surface area contributed by atoms with Crippen molar-refractivity contribution < 1.29 is 8.42 Å². The molecule has 0 saturated carbocycles. The first kappa shape index (κ1) is 15.2. The van der Waals surface area contributed by atoms with Gasteiger partial charge in [-0.1, -0.05) is 18.2 Å². The maximum absolute atomic E-state index is 12.3. The SMILES string of the molecule is Cc1cc(C)n(-c2cc(NS(=O)(=O)c3ccccc3)ncn2)n1. The molecular formula is C15H15N5O2S. The van der Waals surface area contributed by atoms with Gasteiger partial charge in [-0.2, -0.15) is 5.10 Å². The quantitative estimate of drug-likeness (QED) is 0.791. The molecular weight excluding hydrogens is 314 g/mol. The Morgan fingerprint density at radius 2 is 1.78 bits per heavy atom. The fraction of sp³-hybridized carbons (Fsp3) is 0.133. The largest absolute Gasteiger partial charge is 0.263 e. The molecule has 0 aliphatic carbocycles. The first-order valence-corrected chi connectivity index (χ1v) is 8.37. The van der Waals surface area contributed by atoms with Crippen molar-refractivity contribution in [1.29, 1.82) is 0 Å². The zero-order valence-corrected chi connectivity index (χ0v) is 13.4. The molecule has 2 aromatic heterocycles. The van der Waals surface area contributed by atoms with Crippen molar-refractivity contribution in [3.05, 3.63) is 60.2 Å². The summed E-state index contributed by atoms with van der Waals surface area (Å²) in [7, 11) is -3.69. The predicted molar refractivity (Wildman–Crippen MR) is 85.9 cm³/mol. The molecule has 23 heavy (non-hydrogen) atoms. The third-order valence-corrected chi connectivity index (χ3v) is 4.54. The van der Waals surface area contributed by atoms with Gasteiger partial charge in [-0.25, -0.2) is 23.1 Å². The van der Waals surface area contributed by atoms with Gasteiger partial charge < -0.3 is 0 Å². The Kier molecular flexibility index (Phi) is 3.83. The van der Waals surface area contributed by atoms with Gasteiger partial charge in [0.05, 0.1) is 10.6 Å². The molecule has 2 heterocycles. The van der Waals surface area contributed by atoms with Crippen molar-refractivity contribution in [2.75, 3.05) is 4.72 Å². The molecule has 7 nitrogen and oxygen atoms in total. The Bertz CT molecular complexity index is 936. The standard InChI is InChI=1S/C15H15N5O2S/c1-11-8-12(2)20(18-11)15-9-14(16-10-17-15)19-23(21,22)13-6-4-3-5-7-13/h3-10H,1-2H3,(H,16,17,19). The zero-order chi connectivity index (χ0) is 16.4. The van der Waals surface area contributed by atoms with Crippen molar-refractivity contribution in [2.45, 2.75) is 18.7 Å². The van der Waals surface area contributed by atoms with Gasteiger partial charge in [-0.15, -0.1) is 0 Å². The molecule has 0 bridgehead atoms. The highest BCUT2D eigenvalue weighted by Crippen LogP contribution is 2.16. The number of benzene rings is 1. The minimum atomic E-state index is -3.69. The van der Waals surface area contributed by atoms with E-state index in [1.165, 1.54) is 18.5 Å². The monoisotopic (exact) mass is 329 g/mol. The van der Waals surface area contributed by atoms with Crippen LogP contribution in [0.2, 0.25) is 0 Å². The molecule has 0 aliphatic heterocycles. The lowest BCUT2D eigenvalue weighted by Crippen LogP contribution is -2.14. The maximum Gasteiger partial charge on any atom is 0.263 e. The number of hydrogen-bond donors (Lipinski definition) is 1. The summed E-state index contributed by atoms with van der Waals surface area (Å²) < 4.78 is 28.7. The summed E-state index contributed by atoms with van der Waals surface area (Å²) in [6, 6.07) is 11.6. The molecule has 3 rings (SSSR count). The molecule has 0 saturated heterocycles. The predicted octanol–water partition coefficient (Wildman–Crippen LogP) is 2.08. The Balaban J connectivity index is 1.93. The number of aryl methyl sites for hydroxylation is 2. The van der Waals surface area contributed by atoms with Crippen molar-refractivity contribution in [3.63, 3.8) is 0 Å². The Morgan fingerprint density at radius 1 is 1.04 bits per heavy atom. The van der Waals surface area contributed by atoms with Crippen LogP contribution in [0.5, 0.6) is 0 Å². The van der Waals surface area contributed by atoms with Gasteiger partial charge in [0.15, 0.2) is 5.82 Å². The number of nitrogens with one attached hydrogen (secondary N) is 1. The van der Waals surface area contributed by atoms with Gasteiger partial charge in [0, 0.05) is 11.8 Å². The highest BCUT2D eigenvalue weighted by atomic mass is 32.2. The van der Waals surface area contributed by atoms with E-state index in [-0.39, 0.29) is 10.7 Å². The third kappa shape index (κ3) is 3.21. The van der Waals surface area contributed by atoms with E-state index in [0.717, 1.165) is 11.4 Å². The van der Waals surface area contributed by atoms with Gasteiger partial charge in [0.2, 0.25) is 0 Å². The average molecular weight is 329 g/mol. The summed E-state index contributed by atoms with van der Waals surface area (Å²) in [4.78, 5) is 8.28. The van der Waals surface area contributed by atoms with Crippen LogP contribution in [0.4, 0.5) is 5.82 Å². The number of sulfonamides is 1. The van der Waals surface area contributed by atoms with Crippen molar-refractivity contribution in [2.24, 2.45) is 0 Å². The summed E-state index contributed by atoms with van der Waals surface area (Å²) >= 11 is 0. The number of hydrogen-bond acceptors (Lipinski definition) is 5. The van der Waals surface area contributed by atoms with Crippen molar-refractivity contribution >= 4 is 15.8 Å². The van der Waals surface area contributed by atoms with Crippen LogP contribution in [-0.4, -0.2) is 28.2 Å². The Labute approximate surface area is 134 Å². The molecule has 1 aromatic carbocycles. The molecule has 3 aromatic rings. The number of aromatic nitrogens is 4. The molecule has 118 valence electrons. The number of nitrogens with zero attached hydrogens (tertiary/aromatic N) is 4. The average Bonchev–Trinajstić information content (AvgIpc) is 2.87. The van der Waals surface area contributed by atoms with E-state index in [9.17, 15) is 8.42 Å². The van der Waals surface area contributed by atoms with Gasteiger partial charge in [-0.3, -0.25) is 4.72 Å². The van der Waals surface area contributed by atoms with E-state index in [0.29, 0.717) is 5.82 Å². The second-order valence-electron chi connectivity index (χ2n) is 5.02. The zero-order valence-electron chi connectivity index (χ0n) is 12.6. The second-order valence-corrected chi connectivity index (χ2v) is 6.70. The minimum Gasteiger partial charge on any atom is -0.263 e. The van der Waals surface area contributed by atoms with Crippen LogP contribution in [0.3, 0.4) is 0 Å². The highest BCUT2D eigenvalue weighted by Gasteiger charge is 2.15. The van der Waals surface area contributed by atoms with Crippen LogP contribution in [0, 0.1) is 13.8 Å². The molecule has 1 N–H and O–H groups in total. The molecule has 0 aliphatic rings. The number of rotatable bonds is 4. The lowest BCUT2D eigenvalue weighted by atomic mass is 10.4. The van der Waals surface area contributed by atoms with Crippen LogP contribution in [0.1, 0.15) is 11.4 Å². The maximum atomic E-state index is 12.3. The van der Waals surface area contributed by atoms with Crippen LogP contribution in [-0.2, 0) is 10.0 Å². The van der Waals surface area contributed by atoms with E-state index >= 15 is 0 Å². The van der Waals surface area contributed by atoms with E-state index < -0.39 is 10.0 Å². The van der Waals surface area contributed by atoms with E-state index in [1.54, 1.807) is 28.9 Å². The molecule has 0 atom stereocenters. The lowest BCUT2D eigenvalue weighted by molar-refractivity contribution is 0.601. The highest BCUT2D eigenvalue weighted by molar-refractivity contribution is 7.92. The van der Waals surface area contributed by atoms with E-state index in [2.05, 4.69) is 19.8 Å². The second kappa shape index (κ2) is 5.81. The van der Waals surface area contributed by atoms with Crippen LogP contribution < -0.4 is 4.72 Å². The fourth-order valence-corrected chi connectivity index (χ4v) is 3.20. The smallest absolute Gasteiger partial charge is 0.263 e. The Morgan fingerprint density at radius 3 is 2.43 bits per heavy atom. The van der Waals surface area contributed by atoms with E-state index in [4.69, 9.17) is 0 Å². The van der Waals surface area contributed by atoms with Gasteiger partial charge in [0.25, 0.3) is 10.0 Å². The summed E-state index contributed by atoms with van der Waals surface area (Å²) in [5.41, 5.74) is 1.76. The van der Waals surface area contributed by atoms with Crippen LogP contribution >= 0.6 is 0 Å². The van der Waals surface area contributed by atoms with E-state index in [1.807, 2.05) is 19.9 Å². The Hall–Kier alpha value is -2.74. The molecule has 0 amide bonds. The minimum absolute atomic E-state index is 0.172. The van der Waals surface area contributed by atoms with Gasteiger partial charge >= 0.3 is 0 Å². The lowest BCUT2D eigenvalue weighted by Gasteiger charge is -2.08. The topological polar surface area (TPSA) is 89.8 Å². The molecule has 0 radical (unpaired) electrons. The first-order chi connectivity index (χ1) is 11.0. The van der Waals surface area contributed by atoms with Crippen molar-refractivity contribution in [1.82, 2.24) is 19.7 Å². The fourth-order valence-electron chi connectivity index (χ4n) is 2.18. The summed E-state index contributed by atoms with van der Waals surface area (Å²) in [6.07, 6.45) is 1.30.